The number of hydrogen-bond acceptors (Lipinski definition) is 3. The quantitative estimate of drug-likeness (QED) is 0.605. The number of carbonyl (C=O) groups excluding carboxylic acids is 3. The SMILES string of the molecule is C=C(Br)C[C@@H](NC(=O)[C@H](CC(C)C)NC(C)=O)C(N)=O. The molecule has 0 radical (unpaired) electrons. The van der Waals surface area contributed by atoms with E-state index in [1.165, 1.54) is 6.92 Å². The largest absolute Gasteiger partial charge is 0.368 e. The van der Waals surface area contributed by atoms with Crippen molar-refractivity contribution in [1.29, 1.82) is 0 Å². The van der Waals surface area contributed by atoms with Crippen molar-refractivity contribution in [3.63, 3.8) is 0 Å². The maximum Gasteiger partial charge on any atom is 0.243 e. The molecule has 0 aromatic heterocycles. The molecule has 0 aromatic carbocycles. The Kier molecular flexibility index (Phi) is 8.13. The van der Waals surface area contributed by atoms with Gasteiger partial charge in [0.2, 0.25) is 17.7 Å². The zero-order valence-corrected chi connectivity index (χ0v) is 13.6. The van der Waals surface area contributed by atoms with Gasteiger partial charge in [-0.15, -0.1) is 0 Å². The molecule has 0 aromatic rings. The van der Waals surface area contributed by atoms with Crippen LogP contribution in [0.25, 0.3) is 0 Å². The Balaban J connectivity index is 4.81. The second-order valence-corrected chi connectivity index (χ2v) is 6.19. The summed E-state index contributed by atoms with van der Waals surface area (Å²) in [6.07, 6.45) is 0.682. The highest BCUT2D eigenvalue weighted by Crippen LogP contribution is 2.11. The van der Waals surface area contributed by atoms with Crippen molar-refractivity contribution in [2.45, 2.75) is 45.7 Å². The molecule has 4 N–H and O–H groups in total. The maximum absolute atomic E-state index is 12.1. The summed E-state index contributed by atoms with van der Waals surface area (Å²) in [4.78, 5) is 34.6. The molecule has 6 nitrogen and oxygen atoms in total. The van der Waals surface area contributed by atoms with Crippen LogP contribution in [0.5, 0.6) is 0 Å². The molecule has 0 aliphatic rings. The fourth-order valence-corrected chi connectivity index (χ4v) is 1.99. The molecule has 0 bridgehead atoms. The number of amides is 3. The molecule has 2 atom stereocenters. The van der Waals surface area contributed by atoms with Gasteiger partial charge < -0.3 is 16.4 Å². The average molecular weight is 348 g/mol. The molecule has 0 rings (SSSR count). The van der Waals surface area contributed by atoms with E-state index < -0.39 is 23.9 Å². The predicted octanol–water partition coefficient (Wildman–Crippen LogP) is 0.806. The lowest BCUT2D eigenvalue weighted by Crippen LogP contribution is -2.53. The molecule has 20 heavy (non-hydrogen) atoms. The fraction of sp³-hybridized carbons (Fsp3) is 0.615. The van der Waals surface area contributed by atoms with Crippen LogP contribution in [0.2, 0.25) is 0 Å². The highest BCUT2D eigenvalue weighted by molar-refractivity contribution is 9.11. The smallest absolute Gasteiger partial charge is 0.243 e. The molecular formula is C13H22BrN3O3. The average Bonchev–Trinajstić information content (AvgIpc) is 2.24. The van der Waals surface area contributed by atoms with Crippen molar-refractivity contribution in [3.8, 4) is 0 Å². The minimum atomic E-state index is -0.849. The first kappa shape index (κ1) is 18.6. The van der Waals surface area contributed by atoms with Gasteiger partial charge >= 0.3 is 0 Å². The van der Waals surface area contributed by atoms with Gasteiger partial charge in [0.05, 0.1) is 0 Å². The second-order valence-electron chi connectivity index (χ2n) is 5.07. The van der Waals surface area contributed by atoms with Gasteiger partial charge in [-0.05, 0) is 16.8 Å². The van der Waals surface area contributed by atoms with Gasteiger partial charge in [-0.1, -0.05) is 36.4 Å². The first-order valence-electron chi connectivity index (χ1n) is 6.33. The van der Waals surface area contributed by atoms with E-state index in [1.807, 2.05) is 13.8 Å². The van der Waals surface area contributed by atoms with Gasteiger partial charge in [-0.2, -0.15) is 0 Å². The van der Waals surface area contributed by atoms with Crippen molar-refractivity contribution in [2.75, 3.05) is 0 Å². The van der Waals surface area contributed by atoms with E-state index in [1.54, 1.807) is 0 Å². The van der Waals surface area contributed by atoms with Crippen LogP contribution in [0.1, 0.15) is 33.6 Å². The Labute approximate surface area is 127 Å². The van der Waals surface area contributed by atoms with Crippen molar-refractivity contribution in [3.05, 3.63) is 11.1 Å². The Morgan fingerprint density at radius 2 is 1.75 bits per heavy atom. The molecule has 0 unspecified atom stereocenters. The first-order chi connectivity index (χ1) is 9.13. The molecule has 0 aliphatic carbocycles. The fourth-order valence-electron chi connectivity index (χ4n) is 1.66. The lowest BCUT2D eigenvalue weighted by Gasteiger charge is -2.22. The van der Waals surface area contributed by atoms with E-state index in [-0.39, 0.29) is 18.2 Å². The summed E-state index contributed by atoms with van der Waals surface area (Å²) in [6.45, 7) is 8.83. The summed E-state index contributed by atoms with van der Waals surface area (Å²) >= 11 is 3.13. The van der Waals surface area contributed by atoms with Crippen LogP contribution in [0.4, 0.5) is 0 Å². The normalized spacial score (nSPS) is 13.4. The molecule has 3 amide bonds. The third-order valence-corrected chi connectivity index (χ3v) is 2.81. The van der Waals surface area contributed by atoms with E-state index in [2.05, 4.69) is 33.1 Å². The molecule has 0 aliphatic heterocycles. The number of primary amides is 1. The number of rotatable bonds is 8. The predicted molar refractivity (Wildman–Crippen MR) is 80.9 cm³/mol. The Morgan fingerprint density at radius 3 is 2.10 bits per heavy atom. The summed E-state index contributed by atoms with van der Waals surface area (Å²) in [6, 6.07) is -1.53. The molecule has 7 heteroatoms. The summed E-state index contributed by atoms with van der Waals surface area (Å²) < 4.78 is 0.557. The molecule has 0 saturated carbocycles. The Bertz CT molecular complexity index is 396. The zero-order chi connectivity index (χ0) is 15.9. The topological polar surface area (TPSA) is 101 Å². The minimum Gasteiger partial charge on any atom is -0.368 e. The lowest BCUT2D eigenvalue weighted by molar-refractivity contribution is -0.131. The number of carbonyl (C=O) groups is 3. The van der Waals surface area contributed by atoms with Crippen LogP contribution < -0.4 is 16.4 Å². The molecule has 0 saturated heterocycles. The van der Waals surface area contributed by atoms with E-state index >= 15 is 0 Å². The van der Waals surface area contributed by atoms with E-state index in [9.17, 15) is 14.4 Å². The van der Waals surface area contributed by atoms with Crippen LogP contribution in [-0.4, -0.2) is 29.8 Å². The van der Waals surface area contributed by atoms with Crippen LogP contribution >= 0.6 is 15.9 Å². The summed E-state index contributed by atoms with van der Waals surface area (Å²) in [5.41, 5.74) is 5.23. The Hall–Kier alpha value is -1.37. The molecule has 0 fully saturated rings. The van der Waals surface area contributed by atoms with Gasteiger partial charge in [-0.25, -0.2) is 0 Å². The third-order valence-electron chi connectivity index (χ3n) is 2.49. The molecular weight excluding hydrogens is 326 g/mol. The van der Waals surface area contributed by atoms with Gasteiger partial charge in [0.1, 0.15) is 12.1 Å². The minimum absolute atomic E-state index is 0.204. The summed E-state index contributed by atoms with van der Waals surface area (Å²) in [5, 5.41) is 5.11. The van der Waals surface area contributed by atoms with E-state index in [0.29, 0.717) is 10.9 Å². The lowest BCUT2D eigenvalue weighted by atomic mass is 10.0. The van der Waals surface area contributed by atoms with E-state index in [4.69, 9.17) is 5.73 Å². The summed E-state index contributed by atoms with van der Waals surface area (Å²) in [7, 11) is 0. The van der Waals surface area contributed by atoms with Crippen molar-refractivity contribution in [2.24, 2.45) is 11.7 Å². The van der Waals surface area contributed by atoms with Crippen molar-refractivity contribution in [1.82, 2.24) is 10.6 Å². The third kappa shape index (κ3) is 7.93. The van der Waals surface area contributed by atoms with Crippen LogP contribution in [-0.2, 0) is 14.4 Å². The van der Waals surface area contributed by atoms with Crippen LogP contribution in [0.3, 0.4) is 0 Å². The molecule has 0 spiro atoms. The van der Waals surface area contributed by atoms with Crippen LogP contribution in [0, 0.1) is 5.92 Å². The number of hydrogen-bond donors (Lipinski definition) is 3. The standard InChI is InChI=1S/C13H22BrN3O3/c1-7(2)5-11(16-9(4)18)13(20)17-10(12(15)19)6-8(3)14/h7,10-11H,3,5-6H2,1-2,4H3,(H2,15,19)(H,16,18)(H,17,20)/t10-,11+/m1/s1. The highest BCUT2D eigenvalue weighted by atomic mass is 79.9. The first-order valence-corrected chi connectivity index (χ1v) is 7.12. The van der Waals surface area contributed by atoms with Crippen molar-refractivity contribution >= 4 is 33.7 Å². The van der Waals surface area contributed by atoms with Gasteiger partial charge in [0.25, 0.3) is 0 Å². The van der Waals surface area contributed by atoms with Gasteiger partial charge in [0.15, 0.2) is 0 Å². The van der Waals surface area contributed by atoms with Crippen LogP contribution in [0.15, 0.2) is 11.1 Å². The number of nitrogens with one attached hydrogen (secondary N) is 2. The molecule has 0 heterocycles. The van der Waals surface area contributed by atoms with Gasteiger partial charge in [0, 0.05) is 13.3 Å². The second kappa shape index (κ2) is 8.73. The summed E-state index contributed by atoms with van der Waals surface area (Å²) in [5.74, 6) is -1.15. The maximum atomic E-state index is 12.1. The van der Waals surface area contributed by atoms with Gasteiger partial charge in [-0.3, -0.25) is 14.4 Å². The highest BCUT2D eigenvalue weighted by Gasteiger charge is 2.25. The van der Waals surface area contributed by atoms with Crippen molar-refractivity contribution < 1.29 is 14.4 Å². The molecule has 114 valence electrons. The van der Waals surface area contributed by atoms with E-state index in [0.717, 1.165) is 0 Å². The number of halogens is 1. The zero-order valence-electron chi connectivity index (χ0n) is 12.0. The monoisotopic (exact) mass is 347 g/mol. The number of nitrogens with two attached hydrogens (primary N) is 1. The Morgan fingerprint density at radius 1 is 1.20 bits per heavy atom.